The molecule has 2 rings (SSSR count). The first-order valence-corrected chi connectivity index (χ1v) is 8.64. The van der Waals surface area contributed by atoms with Crippen LogP contribution in [0.25, 0.3) is 0 Å². The summed E-state index contributed by atoms with van der Waals surface area (Å²) in [4.78, 5) is 2.59. The molecule has 1 fully saturated rings. The van der Waals surface area contributed by atoms with E-state index in [1.54, 1.807) is 0 Å². The zero-order valence-electron chi connectivity index (χ0n) is 12.5. The molecule has 0 aliphatic carbocycles. The topological polar surface area (TPSA) is 3.24 Å². The fraction of sp³-hybridized carbons (Fsp3) is 0.647. The molecule has 2 heteroatoms. The van der Waals surface area contributed by atoms with Gasteiger partial charge in [0, 0.05) is 24.1 Å². The second-order valence-electron chi connectivity index (χ2n) is 6.18. The van der Waals surface area contributed by atoms with Gasteiger partial charge in [0.1, 0.15) is 0 Å². The van der Waals surface area contributed by atoms with E-state index in [1.807, 2.05) is 0 Å². The molecule has 19 heavy (non-hydrogen) atoms. The van der Waals surface area contributed by atoms with Gasteiger partial charge in [-0.1, -0.05) is 41.9 Å². The Balaban J connectivity index is 2.10. The highest BCUT2D eigenvalue weighted by Crippen LogP contribution is 2.29. The maximum absolute atomic E-state index is 3.53. The maximum atomic E-state index is 3.53. The third-order valence-corrected chi connectivity index (χ3v) is 5.12. The van der Waals surface area contributed by atoms with Crippen molar-refractivity contribution in [3.63, 3.8) is 0 Å². The van der Waals surface area contributed by atoms with Crippen molar-refractivity contribution in [1.82, 2.24) is 0 Å². The first kappa shape index (κ1) is 14.9. The van der Waals surface area contributed by atoms with Crippen molar-refractivity contribution >= 4 is 21.6 Å². The second-order valence-corrected chi connectivity index (χ2v) is 6.74. The molecule has 1 heterocycles. The van der Waals surface area contributed by atoms with Crippen LogP contribution >= 0.6 is 15.9 Å². The van der Waals surface area contributed by atoms with Crippen LogP contribution in [0.15, 0.2) is 18.2 Å². The summed E-state index contributed by atoms with van der Waals surface area (Å²) in [5.41, 5.74) is 4.23. The van der Waals surface area contributed by atoms with Crippen LogP contribution in [-0.4, -0.2) is 13.1 Å². The minimum absolute atomic E-state index is 0.830. The standard InChI is InChI=1S/C17H26BrN/c1-13(2)16-5-4-9-19(10-8-16)17-7-6-15(12-18)11-14(17)3/h6-7,11,13,16H,4-5,8-10,12H2,1-3H3. The Bertz CT molecular complexity index is 414. The van der Waals surface area contributed by atoms with Crippen molar-refractivity contribution in [3.05, 3.63) is 29.3 Å². The lowest BCUT2D eigenvalue weighted by Gasteiger charge is -2.25. The SMILES string of the molecule is Cc1cc(CBr)ccc1N1CCCC(C(C)C)CC1. The molecular weight excluding hydrogens is 298 g/mol. The van der Waals surface area contributed by atoms with Crippen LogP contribution in [-0.2, 0) is 5.33 Å². The lowest BCUT2D eigenvalue weighted by Crippen LogP contribution is -2.25. The van der Waals surface area contributed by atoms with Gasteiger partial charge in [0.25, 0.3) is 0 Å². The van der Waals surface area contributed by atoms with Crippen LogP contribution in [0.4, 0.5) is 5.69 Å². The van der Waals surface area contributed by atoms with Crippen molar-refractivity contribution in [2.75, 3.05) is 18.0 Å². The van der Waals surface area contributed by atoms with E-state index in [0.717, 1.165) is 17.2 Å². The molecule has 1 aliphatic rings. The zero-order chi connectivity index (χ0) is 13.8. The Morgan fingerprint density at radius 1 is 1.26 bits per heavy atom. The number of halogens is 1. The van der Waals surface area contributed by atoms with Crippen molar-refractivity contribution < 1.29 is 0 Å². The number of nitrogens with zero attached hydrogens (tertiary/aromatic N) is 1. The van der Waals surface area contributed by atoms with Crippen molar-refractivity contribution in [3.8, 4) is 0 Å². The summed E-state index contributed by atoms with van der Waals surface area (Å²) < 4.78 is 0. The minimum atomic E-state index is 0.830. The summed E-state index contributed by atoms with van der Waals surface area (Å²) in [5.74, 6) is 1.74. The summed E-state index contributed by atoms with van der Waals surface area (Å²) in [6, 6.07) is 6.87. The molecule has 1 nitrogen and oxygen atoms in total. The van der Waals surface area contributed by atoms with Gasteiger partial charge in [-0.15, -0.1) is 0 Å². The van der Waals surface area contributed by atoms with Crippen LogP contribution in [0.2, 0.25) is 0 Å². The van der Waals surface area contributed by atoms with Crippen molar-refractivity contribution in [1.29, 1.82) is 0 Å². The molecule has 0 N–H and O–H groups in total. The van der Waals surface area contributed by atoms with Gasteiger partial charge in [-0.25, -0.2) is 0 Å². The van der Waals surface area contributed by atoms with E-state index >= 15 is 0 Å². The highest BCUT2D eigenvalue weighted by atomic mass is 79.9. The van der Waals surface area contributed by atoms with Crippen molar-refractivity contribution in [2.24, 2.45) is 11.8 Å². The van der Waals surface area contributed by atoms with Gasteiger partial charge in [0.05, 0.1) is 0 Å². The average molecular weight is 324 g/mol. The third-order valence-electron chi connectivity index (χ3n) is 4.47. The summed E-state index contributed by atoms with van der Waals surface area (Å²) in [7, 11) is 0. The Hall–Kier alpha value is -0.500. The number of anilines is 1. The molecule has 0 amide bonds. The van der Waals surface area contributed by atoms with Crippen LogP contribution < -0.4 is 4.90 Å². The highest BCUT2D eigenvalue weighted by Gasteiger charge is 2.20. The van der Waals surface area contributed by atoms with Crippen LogP contribution in [0.5, 0.6) is 0 Å². The molecule has 1 aliphatic heterocycles. The van der Waals surface area contributed by atoms with E-state index in [0.29, 0.717) is 0 Å². The molecule has 1 aromatic rings. The molecule has 0 saturated carbocycles. The van der Waals surface area contributed by atoms with E-state index in [4.69, 9.17) is 0 Å². The Kier molecular flexibility index (Phi) is 5.32. The molecule has 0 aromatic heterocycles. The van der Waals surface area contributed by atoms with Crippen LogP contribution in [0.1, 0.15) is 44.2 Å². The highest BCUT2D eigenvalue weighted by molar-refractivity contribution is 9.08. The van der Waals surface area contributed by atoms with Gasteiger partial charge >= 0.3 is 0 Å². The molecule has 0 spiro atoms. The summed E-state index contributed by atoms with van der Waals surface area (Å²) in [5, 5.41) is 0.948. The van der Waals surface area contributed by atoms with Gasteiger partial charge in [-0.3, -0.25) is 0 Å². The van der Waals surface area contributed by atoms with Gasteiger partial charge in [0.15, 0.2) is 0 Å². The van der Waals surface area contributed by atoms with E-state index in [1.165, 1.54) is 49.2 Å². The molecule has 0 bridgehead atoms. The third kappa shape index (κ3) is 3.75. The van der Waals surface area contributed by atoms with Crippen LogP contribution in [0, 0.1) is 18.8 Å². The fourth-order valence-corrected chi connectivity index (χ4v) is 3.53. The summed E-state index contributed by atoms with van der Waals surface area (Å²) in [6.07, 6.45) is 4.08. The molecular formula is C17H26BrN. The fourth-order valence-electron chi connectivity index (χ4n) is 3.19. The average Bonchev–Trinajstić information content (AvgIpc) is 2.64. The van der Waals surface area contributed by atoms with E-state index in [-0.39, 0.29) is 0 Å². The zero-order valence-corrected chi connectivity index (χ0v) is 14.0. The lowest BCUT2D eigenvalue weighted by molar-refractivity contribution is 0.351. The predicted octanol–water partition coefficient (Wildman–Crippen LogP) is 5.15. The van der Waals surface area contributed by atoms with Crippen molar-refractivity contribution in [2.45, 2.75) is 45.4 Å². The number of rotatable bonds is 3. The first-order chi connectivity index (χ1) is 9.11. The lowest BCUT2D eigenvalue weighted by atomic mass is 9.89. The molecule has 106 valence electrons. The largest absolute Gasteiger partial charge is 0.371 e. The predicted molar refractivity (Wildman–Crippen MR) is 88.2 cm³/mol. The Morgan fingerprint density at radius 2 is 2.05 bits per heavy atom. The number of alkyl halides is 1. The van der Waals surface area contributed by atoms with Gasteiger partial charge < -0.3 is 4.90 Å². The smallest absolute Gasteiger partial charge is 0.0396 e. The normalized spacial score (nSPS) is 20.7. The molecule has 1 unspecified atom stereocenters. The number of hydrogen-bond donors (Lipinski definition) is 0. The van der Waals surface area contributed by atoms with Gasteiger partial charge in [0.2, 0.25) is 0 Å². The quantitative estimate of drug-likeness (QED) is 0.695. The monoisotopic (exact) mass is 323 g/mol. The summed E-state index contributed by atoms with van der Waals surface area (Å²) in [6.45, 7) is 9.42. The number of benzene rings is 1. The molecule has 1 aromatic carbocycles. The van der Waals surface area contributed by atoms with Gasteiger partial charge in [-0.05, 0) is 55.2 Å². The first-order valence-electron chi connectivity index (χ1n) is 7.52. The molecule has 0 radical (unpaired) electrons. The Labute approximate surface area is 126 Å². The number of hydrogen-bond acceptors (Lipinski definition) is 1. The Morgan fingerprint density at radius 3 is 2.68 bits per heavy atom. The maximum Gasteiger partial charge on any atom is 0.0396 e. The second kappa shape index (κ2) is 6.78. The summed E-state index contributed by atoms with van der Waals surface area (Å²) >= 11 is 3.53. The van der Waals surface area contributed by atoms with Crippen LogP contribution in [0.3, 0.4) is 0 Å². The minimum Gasteiger partial charge on any atom is -0.371 e. The molecule has 1 saturated heterocycles. The van der Waals surface area contributed by atoms with E-state index in [9.17, 15) is 0 Å². The van der Waals surface area contributed by atoms with Gasteiger partial charge in [-0.2, -0.15) is 0 Å². The van der Waals surface area contributed by atoms with E-state index in [2.05, 4.69) is 59.8 Å². The molecule has 1 atom stereocenters. The van der Waals surface area contributed by atoms with E-state index < -0.39 is 0 Å². The number of aryl methyl sites for hydroxylation is 1.